The van der Waals surface area contributed by atoms with E-state index < -0.39 is 6.61 Å². The fraction of sp³-hybridized carbons (Fsp3) is 0.400. The molecule has 0 aromatic heterocycles. The molecule has 0 aliphatic carbocycles. The Hall–Kier alpha value is -1.07. The van der Waals surface area contributed by atoms with Gasteiger partial charge in [0.05, 0.1) is 24.3 Å². The van der Waals surface area contributed by atoms with Crippen molar-refractivity contribution < 1.29 is 18.3 Å². The van der Waals surface area contributed by atoms with Crippen LogP contribution in [0.5, 0.6) is 5.75 Å². The maximum Gasteiger partial charge on any atom is 0.387 e. The number of halogens is 3. The molecule has 16 heavy (non-hydrogen) atoms. The minimum Gasteiger partial charge on any atom is -0.433 e. The van der Waals surface area contributed by atoms with Gasteiger partial charge in [0.15, 0.2) is 0 Å². The molecule has 1 heterocycles. The van der Waals surface area contributed by atoms with Gasteiger partial charge in [-0.05, 0) is 18.2 Å². The number of benzene rings is 1. The second kappa shape index (κ2) is 4.84. The van der Waals surface area contributed by atoms with Crippen molar-refractivity contribution in [3.8, 4) is 5.75 Å². The quantitative estimate of drug-likeness (QED) is 0.890. The molecule has 1 aliphatic heterocycles. The van der Waals surface area contributed by atoms with Gasteiger partial charge in [0.1, 0.15) is 5.75 Å². The van der Waals surface area contributed by atoms with Crippen LogP contribution in [0.3, 0.4) is 0 Å². The molecule has 0 unspecified atom stereocenters. The summed E-state index contributed by atoms with van der Waals surface area (Å²) in [5.41, 5.74) is 0.764. The van der Waals surface area contributed by atoms with Gasteiger partial charge in [0, 0.05) is 5.69 Å². The summed E-state index contributed by atoms with van der Waals surface area (Å²) in [5.74, 6) is -0.0212. The van der Waals surface area contributed by atoms with Crippen LogP contribution in [0.4, 0.5) is 14.5 Å². The number of ether oxygens (including phenoxy) is 2. The number of hydrogen-bond donors (Lipinski definition) is 1. The lowest BCUT2D eigenvalue weighted by Gasteiger charge is -2.28. The summed E-state index contributed by atoms with van der Waals surface area (Å²) in [6, 6.07) is 4.87. The van der Waals surface area contributed by atoms with Crippen LogP contribution >= 0.6 is 11.6 Å². The molecule has 1 fully saturated rings. The van der Waals surface area contributed by atoms with E-state index >= 15 is 0 Å². The summed E-state index contributed by atoms with van der Waals surface area (Å²) >= 11 is 5.79. The SMILES string of the molecule is FC(F)Oc1ccc(NC2COC2)cc1Cl. The predicted octanol–water partition coefficient (Wildman–Crippen LogP) is 2.75. The lowest BCUT2D eigenvalue weighted by Crippen LogP contribution is -2.40. The Labute approximate surface area is 96.3 Å². The lowest BCUT2D eigenvalue weighted by molar-refractivity contribution is -0.0497. The van der Waals surface area contributed by atoms with E-state index in [2.05, 4.69) is 10.1 Å². The Kier molecular flexibility index (Phi) is 3.46. The van der Waals surface area contributed by atoms with Gasteiger partial charge in [0.25, 0.3) is 0 Å². The smallest absolute Gasteiger partial charge is 0.387 e. The van der Waals surface area contributed by atoms with E-state index in [9.17, 15) is 8.78 Å². The maximum absolute atomic E-state index is 12.0. The van der Waals surface area contributed by atoms with Crippen LogP contribution in [0.25, 0.3) is 0 Å². The average Bonchev–Trinajstić information content (AvgIpc) is 2.15. The molecule has 2 rings (SSSR count). The van der Waals surface area contributed by atoms with E-state index in [4.69, 9.17) is 16.3 Å². The van der Waals surface area contributed by atoms with Gasteiger partial charge >= 0.3 is 6.61 Å². The Balaban J connectivity index is 2.03. The van der Waals surface area contributed by atoms with Gasteiger partial charge in [-0.15, -0.1) is 0 Å². The van der Waals surface area contributed by atoms with Gasteiger partial charge in [-0.25, -0.2) is 0 Å². The molecule has 0 amide bonds. The zero-order valence-electron chi connectivity index (χ0n) is 8.25. The normalized spacial score (nSPS) is 16.0. The second-order valence-corrected chi connectivity index (χ2v) is 3.81. The number of anilines is 1. The van der Waals surface area contributed by atoms with Crippen molar-refractivity contribution in [2.75, 3.05) is 18.5 Å². The first-order chi connectivity index (χ1) is 7.65. The van der Waals surface area contributed by atoms with E-state index in [-0.39, 0.29) is 16.8 Å². The summed E-state index contributed by atoms with van der Waals surface area (Å²) in [6.45, 7) is -1.57. The molecule has 1 aromatic carbocycles. The van der Waals surface area contributed by atoms with Gasteiger partial charge in [-0.1, -0.05) is 11.6 Å². The summed E-state index contributed by atoms with van der Waals surface area (Å²) < 4.78 is 33.1. The molecule has 1 N–H and O–H groups in total. The third kappa shape index (κ3) is 2.74. The zero-order chi connectivity index (χ0) is 11.5. The van der Waals surface area contributed by atoms with Crippen molar-refractivity contribution in [1.82, 2.24) is 0 Å². The first-order valence-corrected chi connectivity index (χ1v) is 5.11. The third-order valence-corrected chi connectivity index (χ3v) is 2.45. The predicted molar refractivity (Wildman–Crippen MR) is 56.3 cm³/mol. The van der Waals surface area contributed by atoms with Crippen molar-refractivity contribution in [3.63, 3.8) is 0 Å². The molecular weight excluding hydrogens is 240 g/mol. The zero-order valence-corrected chi connectivity index (χ0v) is 9.01. The molecule has 0 radical (unpaired) electrons. The van der Waals surface area contributed by atoms with E-state index in [0.717, 1.165) is 5.69 Å². The number of rotatable bonds is 4. The van der Waals surface area contributed by atoms with Crippen LogP contribution in [-0.2, 0) is 4.74 Å². The van der Waals surface area contributed by atoms with E-state index in [1.807, 2.05) is 0 Å². The fourth-order valence-corrected chi connectivity index (χ4v) is 1.56. The van der Waals surface area contributed by atoms with E-state index in [1.54, 1.807) is 12.1 Å². The van der Waals surface area contributed by atoms with Crippen LogP contribution in [0.2, 0.25) is 5.02 Å². The third-order valence-electron chi connectivity index (χ3n) is 2.16. The molecule has 1 aliphatic rings. The number of alkyl halides is 2. The molecule has 1 aromatic rings. The lowest BCUT2D eigenvalue weighted by atomic mass is 10.2. The molecule has 0 bridgehead atoms. The molecule has 88 valence electrons. The molecular formula is C10H10ClF2NO2. The number of nitrogens with one attached hydrogen (secondary N) is 1. The Morgan fingerprint density at radius 2 is 2.19 bits per heavy atom. The fourth-order valence-electron chi connectivity index (χ4n) is 1.34. The first kappa shape index (κ1) is 11.4. The van der Waals surface area contributed by atoms with Crippen LogP contribution in [0, 0.1) is 0 Å². The van der Waals surface area contributed by atoms with Gasteiger partial charge in [-0.2, -0.15) is 8.78 Å². The van der Waals surface area contributed by atoms with Crippen molar-refractivity contribution in [2.45, 2.75) is 12.7 Å². The Morgan fingerprint density at radius 1 is 1.44 bits per heavy atom. The van der Waals surface area contributed by atoms with Gasteiger partial charge in [0.2, 0.25) is 0 Å². The Bertz CT molecular complexity index is 372. The van der Waals surface area contributed by atoms with Crippen molar-refractivity contribution in [1.29, 1.82) is 0 Å². The standard InChI is InChI=1S/C10H10ClF2NO2/c11-8-3-6(14-7-4-15-5-7)1-2-9(8)16-10(12)13/h1-3,7,10,14H,4-5H2. The second-order valence-electron chi connectivity index (χ2n) is 3.40. The summed E-state index contributed by atoms with van der Waals surface area (Å²) in [4.78, 5) is 0. The molecule has 0 atom stereocenters. The van der Waals surface area contributed by atoms with Gasteiger partial charge in [-0.3, -0.25) is 0 Å². The minimum absolute atomic E-state index is 0.0212. The molecule has 0 spiro atoms. The van der Waals surface area contributed by atoms with Crippen LogP contribution in [0.15, 0.2) is 18.2 Å². The average molecular weight is 250 g/mol. The van der Waals surface area contributed by atoms with Crippen molar-refractivity contribution in [3.05, 3.63) is 23.2 Å². The van der Waals surface area contributed by atoms with E-state index in [1.165, 1.54) is 6.07 Å². The first-order valence-electron chi connectivity index (χ1n) is 4.74. The van der Waals surface area contributed by atoms with Crippen LogP contribution in [-0.4, -0.2) is 25.9 Å². The Morgan fingerprint density at radius 3 is 2.69 bits per heavy atom. The molecule has 1 saturated heterocycles. The molecule has 0 saturated carbocycles. The van der Waals surface area contributed by atoms with Gasteiger partial charge < -0.3 is 14.8 Å². The topological polar surface area (TPSA) is 30.5 Å². The minimum atomic E-state index is -2.86. The number of hydrogen-bond acceptors (Lipinski definition) is 3. The highest BCUT2D eigenvalue weighted by Gasteiger charge is 2.18. The van der Waals surface area contributed by atoms with Crippen LogP contribution < -0.4 is 10.1 Å². The molecule has 3 nitrogen and oxygen atoms in total. The highest BCUT2D eigenvalue weighted by atomic mass is 35.5. The van der Waals surface area contributed by atoms with Crippen LogP contribution in [0.1, 0.15) is 0 Å². The van der Waals surface area contributed by atoms with Crippen molar-refractivity contribution >= 4 is 17.3 Å². The summed E-state index contributed by atoms with van der Waals surface area (Å²) in [6.07, 6.45) is 0. The molecule has 6 heteroatoms. The highest BCUT2D eigenvalue weighted by molar-refractivity contribution is 6.32. The summed E-state index contributed by atoms with van der Waals surface area (Å²) in [7, 11) is 0. The maximum atomic E-state index is 12.0. The summed E-state index contributed by atoms with van der Waals surface area (Å²) in [5, 5.41) is 3.31. The van der Waals surface area contributed by atoms with Crippen molar-refractivity contribution in [2.24, 2.45) is 0 Å². The highest BCUT2D eigenvalue weighted by Crippen LogP contribution is 2.29. The van der Waals surface area contributed by atoms with E-state index in [0.29, 0.717) is 13.2 Å². The monoisotopic (exact) mass is 249 g/mol. The largest absolute Gasteiger partial charge is 0.433 e.